The Labute approximate surface area is 186 Å². The van der Waals surface area contributed by atoms with Crippen molar-refractivity contribution in [1.29, 1.82) is 0 Å². The highest BCUT2D eigenvalue weighted by molar-refractivity contribution is 7.92. The normalized spacial score (nSPS) is 12.0. The number of nitrogens with zero attached hydrogens (tertiary/aromatic N) is 1. The maximum Gasteiger partial charge on any atom is 0.416 e. The van der Waals surface area contributed by atoms with E-state index in [-0.39, 0.29) is 45.8 Å². The van der Waals surface area contributed by atoms with Crippen LogP contribution >= 0.6 is 34.8 Å². The minimum absolute atomic E-state index is 0.0557. The van der Waals surface area contributed by atoms with Crippen molar-refractivity contribution in [1.82, 2.24) is 0 Å². The number of nitrogens with one attached hydrogen (secondary N) is 1. The van der Waals surface area contributed by atoms with Crippen molar-refractivity contribution in [2.75, 3.05) is 22.4 Å². The van der Waals surface area contributed by atoms with Crippen LogP contribution in [0.2, 0.25) is 15.1 Å². The van der Waals surface area contributed by atoms with Gasteiger partial charge in [-0.1, -0.05) is 34.8 Å². The average Bonchev–Trinajstić information content (AvgIpc) is 2.61. The number of benzene rings is 2. The van der Waals surface area contributed by atoms with E-state index in [1.165, 1.54) is 18.2 Å². The molecule has 1 N–H and O–H groups in total. The summed E-state index contributed by atoms with van der Waals surface area (Å²) < 4.78 is 63.8. The Morgan fingerprint density at radius 3 is 2.30 bits per heavy atom. The van der Waals surface area contributed by atoms with Crippen molar-refractivity contribution in [3.63, 3.8) is 0 Å². The predicted molar refractivity (Wildman–Crippen MR) is 113 cm³/mol. The van der Waals surface area contributed by atoms with Gasteiger partial charge >= 0.3 is 6.18 Å². The summed E-state index contributed by atoms with van der Waals surface area (Å²) in [6.07, 6.45) is -3.71. The minimum atomic E-state index is -4.59. The van der Waals surface area contributed by atoms with Gasteiger partial charge in [-0.15, -0.1) is 0 Å². The van der Waals surface area contributed by atoms with Crippen molar-refractivity contribution in [3.05, 3.63) is 57.0 Å². The number of alkyl halides is 3. The van der Waals surface area contributed by atoms with Gasteiger partial charge in [0.15, 0.2) is 0 Å². The van der Waals surface area contributed by atoms with Crippen molar-refractivity contribution in [3.8, 4) is 0 Å². The van der Waals surface area contributed by atoms with Crippen LogP contribution in [0.4, 0.5) is 24.5 Å². The lowest BCUT2D eigenvalue weighted by Gasteiger charge is -2.23. The van der Waals surface area contributed by atoms with Crippen molar-refractivity contribution in [2.24, 2.45) is 0 Å². The molecule has 0 heterocycles. The summed E-state index contributed by atoms with van der Waals surface area (Å²) in [4.78, 5) is 12.1. The molecule has 0 aliphatic rings. The quantitative estimate of drug-likeness (QED) is 0.515. The number of amides is 1. The molecule has 0 spiro atoms. The monoisotopic (exact) mass is 502 g/mol. The van der Waals surface area contributed by atoms with Crippen LogP contribution in [0, 0.1) is 0 Å². The van der Waals surface area contributed by atoms with Crippen LogP contribution in [0.5, 0.6) is 0 Å². The zero-order valence-electron chi connectivity index (χ0n) is 15.4. The topological polar surface area (TPSA) is 66.5 Å². The SMILES string of the molecule is CS(=O)(=O)N(CCCC(=O)Nc1cc(C(F)(F)F)ccc1Cl)c1cc(Cl)ccc1Cl. The molecule has 0 bridgehead atoms. The molecule has 0 unspecified atom stereocenters. The molecule has 0 saturated carbocycles. The van der Waals surface area contributed by atoms with Gasteiger partial charge < -0.3 is 5.32 Å². The van der Waals surface area contributed by atoms with Gasteiger partial charge in [0.25, 0.3) is 0 Å². The first-order valence-corrected chi connectivity index (χ1v) is 11.4. The highest BCUT2D eigenvalue weighted by atomic mass is 35.5. The van der Waals surface area contributed by atoms with Gasteiger partial charge in [-0.2, -0.15) is 13.2 Å². The van der Waals surface area contributed by atoms with Gasteiger partial charge in [0.1, 0.15) is 0 Å². The second-order valence-electron chi connectivity index (χ2n) is 6.27. The zero-order chi connectivity index (χ0) is 22.7. The van der Waals surface area contributed by atoms with Crippen LogP contribution in [0.3, 0.4) is 0 Å². The largest absolute Gasteiger partial charge is 0.416 e. The summed E-state index contributed by atoms with van der Waals surface area (Å²) in [5.74, 6) is -0.623. The third-order valence-corrected chi connectivity index (χ3v) is 5.97. The molecule has 0 aliphatic carbocycles. The molecule has 0 saturated heterocycles. The van der Waals surface area contributed by atoms with Crippen molar-refractivity contribution in [2.45, 2.75) is 19.0 Å². The number of hydrogen-bond donors (Lipinski definition) is 1. The Hall–Kier alpha value is -1.68. The molecular weight excluding hydrogens is 488 g/mol. The molecule has 0 atom stereocenters. The van der Waals surface area contributed by atoms with E-state index in [1.54, 1.807) is 0 Å². The van der Waals surface area contributed by atoms with Gasteiger partial charge in [0.05, 0.1) is 33.2 Å². The predicted octanol–water partition coefficient (Wildman–Crippen LogP) is 5.85. The number of hydrogen-bond acceptors (Lipinski definition) is 3. The molecule has 0 aliphatic heterocycles. The fraction of sp³-hybridized carbons (Fsp3) is 0.278. The van der Waals surface area contributed by atoms with E-state index in [9.17, 15) is 26.4 Å². The lowest BCUT2D eigenvalue weighted by molar-refractivity contribution is -0.137. The molecular formula is C18H16Cl3F3N2O3S. The first kappa shape index (κ1) is 24.6. The molecule has 5 nitrogen and oxygen atoms in total. The molecule has 1 amide bonds. The van der Waals surface area contributed by atoms with Gasteiger partial charge in [-0.05, 0) is 42.8 Å². The fourth-order valence-corrected chi connectivity index (χ4v) is 4.11. The Kier molecular flexibility index (Phi) is 7.90. The molecule has 2 aromatic carbocycles. The highest BCUT2D eigenvalue weighted by Gasteiger charge is 2.31. The maximum absolute atomic E-state index is 12.8. The van der Waals surface area contributed by atoms with E-state index < -0.39 is 27.7 Å². The molecule has 164 valence electrons. The Morgan fingerprint density at radius 2 is 1.70 bits per heavy atom. The van der Waals surface area contributed by atoms with Crippen molar-refractivity contribution >= 4 is 62.1 Å². The number of carbonyl (C=O) groups is 1. The van der Waals surface area contributed by atoms with E-state index in [1.807, 2.05) is 0 Å². The van der Waals surface area contributed by atoms with Crippen LogP contribution in [0.15, 0.2) is 36.4 Å². The van der Waals surface area contributed by atoms with Gasteiger partial charge in [0, 0.05) is 18.0 Å². The smallest absolute Gasteiger partial charge is 0.325 e. The minimum Gasteiger partial charge on any atom is -0.325 e. The van der Waals surface area contributed by atoms with E-state index in [0.717, 1.165) is 28.8 Å². The maximum atomic E-state index is 12.8. The van der Waals surface area contributed by atoms with Gasteiger partial charge in [-0.25, -0.2) is 8.42 Å². The third-order valence-electron chi connectivity index (χ3n) is 3.91. The lowest BCUT2D eigenvalue weighted by atomic mass is 10.2. The molecule has 12 heteroatoms. The van der Waals surface area contributed by atoms with Crippen LogP contribution in [-0.4, -0.2) is 27.1 Å². The molecule has 0 aromatic heterocycles. The average molecular weight is 504 g/mol. The zero-order valence-corrected chi connectivity index (χ0v) is 18.5. The Bertz CT molecular complexity index is 1050. The van der Waals surface area contributed by atoms with E-state index in [0.29, 0.717) is 0 Å². The number of carbonyl (C=O) groups excluding carboxylic acids is 1. The van der Waals surface area contributed by atoms with Crippen LogP contribution < -0.4 is 9.62 Å². The highest BCUT2D eigenvalue weighted by Crippen LogP contribution is 2.34. The molecule has 2 rings (SSSR count). The van der Waals surface area contributed by atoms with Crippen molar-refractivity contribution < 1.29 is 26.4 Å². The fourth-order valence-electron chi connectivity index (χ4n) is 2.54. The Morgan fingerprint density at radius 1 is 1.07 bits per heavy atom. The lowest BCUT2D eigenvalue weighted by Crippen LogP contribution is -2.31. The molecule has 2 aromatic rings. The molecule has 30 heavy (non-hydrogen) atoms. The third kappa shape index (κ3) is 6.66. The second kappa shape index (κ2) is 9.64. The summed E-state index contributed by atoms with van der Waals surface area (Å²) in [5, 5.41) is 2.69. The summed E-state index contributed by atoms with van der Waals surface area (Å²) in [6.45, 7) is -0.0946. The first-order valence-electron chi connectivity index (χ1n) is 8.38. The van der Waals surface area contributed by atoms with Gasteiger partial charge in [-0.3, -0.25) is 9.10 Å². The van der Waals surface area contributed by atoms with Crippen LogP contribution in [0.1, 0.15) is 18.4 Å². The van der Waals surface area contributed by atoms with E-state index in [2.05, 4.69) is 5.32 Å². The first-order chi connectivity index (χ1) is 13.8. The van der Waals surface area contributed by atoms with Crippen LogP contribution in [0.25, 0.3) is 0 Å². The van der Waals surface area contributed by atoms with E-state index in [4.69, 9.17) is 34.8 Å². The number of rotatable bonds is 7. The van der Waals surface area contributed by atoms with Crippen LogP contribution in [-0.2, 0) is 21.0 Å². The Balaban J connectivity index is 2.08. The van der Waals surface area contributed by atoms with Gasteiger partial charge in [0.2, 0.25) is 15.9 Å². The summed E-state index contributed by atoms with van der Waals surface area (Å²) in [7, 11) is -3.73. The second-order valence-corrected chi connectivity index (χ2v) is 9.43. The summed E-state index contributed by atoms with van der Waals surface area (Å²) in [5.41, 5.74) is -0.983. The number of halogens is 6. The van der Waals surface area contributed by atoms with E-state index >= 15 is 0 Å². The number of anilines is 2. The standard InChI is InChI=1S/C18H16Cl3F3N2O3S/c1-30(28,29)26(16-10-12(19)5-7-14(16)21)8-2-3-17(27)25-15-9-11(18(22,23)24)4-6-13(15)20/h4-7,9-10H,2-3,8H2,1H3,(H,25,27). The molecule has 0 fully saturated rings. The summed E-state index contributed by atoms with van der Waals surface area (Å²) >= 11 is 17.8. The number of sulfonamides is 1. The molecule has 0 radical (unpaired) electrons. The summed E-state index contributed by atoms with van der Waals surface area (Å²) in [6, 6.07) is 6.89.